The van der Waals surface area contributed by atoms with Crippen molar-refractivity contribution in [2.75, 3.05) is 13.1 Å². The number of hydrogen-bond acceptors (Lipinski definition) is 2. The molecule has 0 unspecified atom stereocenters. The van der Waals surface area contributed by atoms with Gasteiger partial charge in [0.2, 0.25) is 5.91 Å². The summed E-state index contributed by atoms with van der Waals surface area (Å²) in [4.78, 5) is 14.2. The third-order valence-electron chi connectivity index (χ3n) is 4.26. The zero-order valence-corrected chi connectivity index (χ0v) is 11.9. The van der Waals surface area contributed by atoms with Gasteiger partial charge >= 0.3 is 0 Å². The minimum Gasteiger partial charge on any atom is -0.372 e. The number of nitrogens with zero attached hydrogens (tertiary/aromatic N) is 1. The molecule has 0 aromatic rings. The summed E-state index contributed by atoms with van der Waals surface area (Å²) < 4.78 is 5.67. The Morgan fingerprint density at radius 2 is 1.72 bits per heavy atom. The predicted molar refractivity (Wildman–Crippen MR) is 72.4 cm³/mol. The third-order valence-corrected chi connectivity index (χ3v) is 4.26. The lowest BCUT2D eigenvalue weighted by Crippen LogP contribution is -2.48. The van der Waals surface area contributed by atoms with Crippen LogP contribution in [0.2, 0.25) is 0 Å². The minimum atomic E-state index is 0.187. The Bertz CT molecular complexity index is 264. The van der Waals surface area contributed by atoms with Gasteiger partial charge in [-0.05, 0) is 26.2 Å². The van der Waals surface area contributed by atoms with Crippen molar-refractivity contribution in [2.24, 2.45) is 5.92 Å². The van der Waals surface area contributed by atoms with Gasteiger partial charge in [0.25, 0.3) is 0 Å². The van der Waals surface area contributed by atoms with Crippen LogP contribution < -0.4 is 0 Å². The molecule has 2 atom stereocenters. The molecule has 1 saturated heterocycles. The van der Waals surface area contributed by atoms with Crippen molar-refractivity contribution in [2.45, 2.75) is 71.0 Å². The molecule has 1 amide bonds. The predicted octanol–water partition coefficient (Wildman–Crippen LogP) is 2.98. The Kier molecular flexibility index (Phi) is 5.04. The normalized spacial score (nSPS) is 30.4. The molecule has 0 spiro atoms. The molecular weight excluding hydrogens is 226 g/mol. The molecule has 0 aromatic heterocycles. The van der Waals surface area contributed by atoms with Crippen LogP contribution in [0.3, 0.4) is 0 Å². The maximum atomic E-state index is 12.2. The molecule has 1 saturated carbocycles. The first-order chi connectivity index (χ1) is 8.65. The molecule has 104 valence electrons. The van der Waals surface area contributed by atoms with E-state index in [2.05, 4.69) is 13.8 Å². The maximum Gasteiger partial charge on any atom is 0.222 e. The van der Waals surface area contributed by atoms with E-state index in [-0.39, 0.29) is 12.2 Å². The molecule has 0 N–H and O–H groups in total. The SMILES string of the molecule is C[C@@H]1CN(C(=O)CCC2CCCCC2)C[C@@H](C)O1. The average Bonchev–Trinajstić information content (AvgIpc) is 2.36. The lowest BCUT2D eigenvalue weighted by molar-refractivity contribution is -0.143. The molecule has 0 bridgehead atoms. The van der Waals surface area contributed by atoms with Crippen LogP contribution in [0.4, 0.5) is 0 Å². The monoisotopic (exact) mass is 253 g/mol. The van der Waals surface area contributed by atoms with Gasteiger partial charge in [-0.15, -0.1) is 0 Å². The van der Waals surface area contributed by atoms with E-state index in [1.807, 2.05) is 4.90 Å². The van der Waals surface area contributed by atoms with Crippen LogP contribution in [-0.2, 0) is 9.53 Å². The van der Waals surface area contributed by atoms with Gasteiger partial charge < -0.3 is 9.64 Å². The van der Waals surface area contributed by atoms with Crippen molar-refractivity contribution in [3.8, 4) is 0 Å². The highest BCUT2D eigenvalue weighted by Gasteiger charge is 2.26. The van der Waals surface area contributed by atoms with E-state index in [9.17, 15) is 4.79 Å². The van der Waals surface area contributed by atoms with Crippen LogP contribution in [0.5, 0.6) is 0 Å². The van der Waals surface area contributed by atoms with E-state index >= 15 is 0 Å². The number of ether oxygens (including phenoxy) is 1. The summed E-state index contributed by atoms with van der Waals surface area (Å²) in [5, 5.41) is 0. The van der Waals surface area contributed by atoms with Gasteiger partial charge in [0.05, 0.1) is 12.2 Å². The Labute approximate surface area is 111 Å². The molecule has 2 aliphatic rings. The number of rotatable bonds is 3. The summed E-state index contributed by atoms with van der Waals surface area (Å²) in [7, 11) is 0. The van der Waals surface area contributed by atoms with Crippen LogP contribution >= 0.6 is 0 Å². The van der Waals surface area contributed by atoms with Gasteiger partial charge in [0.15, 0.2) is 0 Å². The molecule has 3 heteroatoms. The summed E-state index contributed by atoms with van der Waals surface area (Å²) in [6.07, 6.45) is 9.01. The second kappa shape index (κ2) is 6.55. The number of carbonyl (C=O) groups excluding carboxylic acids is 1. The van der Waals surface area contributed by atoms with Crippen molar-refractivity contribution in [1.29, 1.82) is 0 Å². The number of morpholine rings is 1. The van der Waals surface area contributed by atoms with Gasteiger partial charge in [-0.3, -0.25) is 4.79 Å². The number of amides is 1. The summed E-state index contributed by atoms with van der Waals surface area (Å²) >= 11 is 0. The Balaban J connectivity index is 1.73. The highest BCUT2D eigenvalue weighted by atomic mass is 16.5. The molecule has 3 nitrogen and oxygen atoms in total. The quantitative estimate of drug-likeness (QED) is 0.774. The van der Waals surface area contributed by atoms with E-state index in [0.717, 1.165) is 31.8 Å². The molecule has 1 aliphatic carbocycles. The first-order valence-electron chi connectivity index (χ1n) is 7.58. The van der Waals surface area contributed by atoms with E-state index in [0.29, 0.717) is 5.91 Å². The van der Waals surface area contributed by atoms with Gasteiger partial charge in [0.1, 0.15) is 0 Å². The van der Waals surface area contributed by atoms with Crippen molar-refractivity contribution in [1.82, 2.24) is 4.90 Å². The second-order valence-corrected chi connectivity index (χ2v) is 6.10. The first kappa shape index (κ1) is 13.9. The van der Waals surface area contributed by atoms with Crippen molar-refractivity contribution >= 4 is 5.91 Å². The standard InChI is InChI=1S/C15H27NO2/c1-12-10-16(11-13(2)18-12)15(17)9-8-14-6-4-3-5-7-14/h12-14H,3-11H2,1-2H3/t12-,13-/m1/s1. The zero-order chi connectivity index (χ0) is 13.0. The molecule has 0 radical (unpaired) electrons. The molecule has 0 aromatic carbocycles. The highest BCUT2D eigenvalue weighted by molar-refractivity contribution is 5.76. The Hall–Kier alpha value is -0.570. The second-order valence-electron chi connectivity index (χ2n) is 6.10. The molecule has 1 aliphatic heterocycles. The number of carbonyl (C=O) groups is 1. The minimum absolute atomic E-state index is 0.187. The topological polar surface area (TPSA) is 29.5 Å². The third kappa shape index (κ3) is 3.98. The van der Waals surface area contributed by atoms with E-state index in [1.54, 1.807) is 0 Å². The van der Waals surface area contributed by atoms with Crippen LogP contribution in [0.15, 0.2) is 0 Å². The fourth-order valence-electron chi connectivity index (χ4n) is 3.34. The zero-order valence-electron chi connectivity index (χ0n) is 11.9. The van der Waals surface area contributed by atoms with Crippen LogP contribution in [0.25, 0.3) is 0 Å². The first-order valence-corrected chi connectivity index (χ1v) is 7.58. The summed E-state index contributed by atoms with van der Waals surface area (Å²) in [5.41, 5.74) is 0. The van der Waals surface area contributed by atoms with Gasteiger partial charge in [-0.2, -0.15) is 0 Å². The smallest absolute Gasteiger partial charge is 0.222 e. The lowest BCUT2D eigenvalue weighted by Gasteiger charge is -2.35. The average molecular weight is 253 g/mol. The van der Waals surface area contributed by atoms with Crippen molar-refractivity contribution in [3.05, 3.63) is 0 Å². The van der Waals surface area contributed by atoms with Gasteiger partial charge in [-0.1, -0.05) is 32.1 Å². The van der Waals surface area contributed by atoms with Crippen molar-refractivity contribution in [3.63, 3.8) is 0 Å². The molecule has 2 fully saturated rings. The fourth-order valence-corrected chi connectivity index (χ4v) is 3.34. The van der Waals surface area contributed by atoms with Gasteiger partial charge in [0, 0.05) is 19.5 Å². The van der Waals surface area contributed by atoms with E-state index in [4.69, 9.17) is 4.74 Å². The van der Waals surface area contributed by atoms with Crippen LogP contribution in [-0.4, -0.2) is 36.1 Å². The molecule has 1 heterocycles. The van der Waals surface area contributed by atoms with E-state index in [1.165, 1.54) is 32.1 Å². The molecule has 18 heavy (non-hydrogen) atoms. The Morgan fingerprint density at radius 1 is 1.11 bits per heavy atom. The molecule has 2 rings (SSSR count). The van der Waals surface area contributed by atoms with E-state index < -0.39 is 0 Å². The van der Waals surface area contributed by atoms with Crippen LogP contribution in [0, 0.1) is 5.92 Å². The van der Waals surface area contributed by atoms with Gasteiger partial charge in [-0.25, -0.2) is 0 Å². The summed E-state index contributed by atoms with van der Waals surface area (Å²) in [5.74, 6) is 1.14. The summed E-state index contributed by atoms with van der Waals surface area (Å²) in [6.45, 7) is 5.65. The lowest BCUT2D eigenvalue weighted by atomic mass is 9.86. The highest BCUT2D eigenvalue weighted by Crippen LogP contribution is 2.27. The largest absolute Gasteiger partial charge is 0.372 e. The summed E-state index contributed by atoms with van der Waals surface area (Å²) in [6, 6.07) is 0. The Morgan fingerprint density at radius 3 is 2.33 bits per heavy atom. The number of hydrogen-bond donors (Lipinski definition) is 0. The van der Waals surface area contributed by atoms with Crippen LogP contribution in [0.1, 0.15) is 58.8 Å². The maximum absolute atomic E-state index is 12.2. The molecular formula is C15H27NO2. The van der Waals surface area contributed by atoms with Crippen molar-refractivity contribution < 1.29 is 9.53 Å². The fraction of sp³-hybridized carbons (Fsp3) is 0.933.